The van der Waals surface area contributed by atoms with Gasteiger partial charge in [-0.2, -0.15) is 5.10 Å². The van der Waals surface area contributed by atoms with E-state index in [9.17, 15) is 8.42 Å². The number of nitrogens with zero attached hydrogens (tertiary/aromatic N) is 1. The summed E-state index contributed by atoms with van der Waals surface area (Å²) in [6.07, 6.45) is 3.32. The van der Waals surface area contributed by atoms with Crippen molar-refractivity contribution >= 4 is 10.0 Å². The summed E-state index contributed by atoms with van der Waals surface area (Å²) in [5.74, 6) is 0.249. The van der Waals surface area contributed by atoms with Crippen molar-refractivity contribution in [3.63, 3.8) is 0 Å². The van der Waals surface area contributed by atoms with E-state index in [0.29, 0.717) is 12.1 Å². The van der Waals surface area contributed by atoms with E-state index in [0.717, 1.165) is 19.4 Å². The molecule has 6 nitrogen and oxygen atoms in total. The molecular formula is C13H26N4O2S. The van der Waals surface area contributed by atoms with Gasteiger partial charge in [-0.15, -0.1) is 0 Å². The number of aromatic nitrogens is 2. The first-order valence-electron chi connectivity index (χ1n) is 7.17. The molecule has 1 rings (SSSR count). The number of hydrogen-bond acceptors (Lipinski definition) is 4. The fraction of sp³-hybridized carbons (Fsp3) is 0.769. The Bertz CT molecular complexity index is 496. The number of rotatable bonds is 9. The molecule has 20 heavy (non-hydrogen) atoms. The quantitative estimate of drug-likeness (QED) is 0.605. The van der Waals surface area contributed by atoms with Crippen molar-refractivity contribution in [3.8, 4) is 0 Å². The predicted octanol–water partition coefficient (Wildman–Crippen LogP) is 1.62. The van der Waals surface area contributed by atoms with Crippen molar-refractivity contribution in [3.05, 3.63) is 11.8 Å². The summed E-state index contributed by atoms with van der Waals surface area (Å²) in [5, 5.41) is 9.82. The molecule has 0 saturated heterocycles. The molecule has 1 aromatic heterocycles. The molecule has 0 aromatic carbocycles. The topological polar surface area (TPSA) is 86.9 Å². The maximum Gasteiger partial charge on any atom is 0.258 e. The molecule has 0 bridgehead atoms. The van der Waals surface area contributed by atoms with Crippen LogP contribution in [0.2, 0.25) is 0 Å². The molecule has 1 heterocycles. The second kappa shape index (κ2) is 7.75. The minimum atomic E-state index is -3.55. The van der Waals surface area contributed by atoms with Crippen molar-refractivity contribution in [1.82, 2.24) is 20.2 Å². The van der Waals surface area contributed by atoms with Gasteiger partial charge in [-0.05, 0) is 25.3 Å². The number of H-pyrrole nitrogens is 1. The number of nitrogens with one attached hydrogen (secondary N) is 3. The molecular weight excluding hydrogens is 276 g/mol. The molecule has 7 heteroatoms. The van der Waals surface area contributed by atoms with Gasteiger partial charge in [0.1, 0.15) is 0 Å². The maximum atomic E-state index is 12.4. The minimum Gasteiger partial charge on any atom is -0.313 e. The van der Waals surface area contributed by atoms with E-state index in [1.54, 1.807) is 6.20 Å². The Morgan fingerprint density at radius 1 is 1.35 bits per heavy atom. The van der Waals surface area contributed by atoms with Crippen LogP contribution < -0.4 is 10.0 Å². The fourth-order valence-electron chi connectivity index (χ4n) is 2.01. The second-order valence-corrected chi connectivity index (χ2v) is 6.93. The molecule has 0 spiro atoms. The summed E-state index contributed by atoms with van der Waals surface area (Å²) < 4.78 is 27.6. The highest BCUT2D eigenvalue weighted by molar-refractivity contribution is 7.89. The van der Waals surface area contributed by atoms with Crippen LogP contribution in [-0.4, -0.2) is 31.2 Å². The van der Waals surface area contributed by atoms with Gasteiger partial charge in [-0.25, -0.2) is 13.1 Å². The molecule has 0 aliphatic carbocycles. The third kappa shape index (κ3) is 4.57. The van der Waals surface area contributed by atoms with E-state index in [1.165, 1.54) is 0 Å². The molecule has 3 N–H and O–H groups in total. The zero-order valence-electron chi connectivity index (χ0n) is 12.7. The zero-order valence-corrected chi connectivity index (χ0v) is 13.5. The summed E-state index contributed by atoms with van der Waals surface area (Å²) in [5.41, 5.74) is 0.671. The molecule has 0 aliphatic heterocycles. The van der Waals surface area contributed by atoms with Gasteiger partial charge < -0.3 is 5.32 Å². The van der Waals surface area contributed by atoms with E-state index >= 15 is 0 Å². The van der Waals surface area contributed by atoms with Crippen LogP contribution in [0.3, 0.4) is 0 Å². The van der Waals surface area contributed by atoms with Crippen LogP contribution in [0, 0.1) is 5.92 Å². The third-order valence-electron chi connectivity index (χ3n) is 3.24. The Balaban J connectivity index is 2.84. The van der Waals surface area contributed by atoms with Gasteiger partial charge in [0.15, 0.2) is 5.03 Å². The molecule has 0 fully saturated rings. The van der Waals surface area contributed by atoms with Crippen LogP contribution in [0.5, 0.6) is 0 Å². The lowest BCUT2D eigenvalue weighted by atomic mass is 10.0. The molecule has 0 amide bonds. The molecule has 116 valence electrons. The van der Waals surface area contributed by atoms with Gasteiger partial charge in [0.2, 0.25) is 0 Å². The Hall–Kier alpha value is -0.920. The van der Waals surface area contributed by atoms with E-state index in [-0.39, 0.29) is 17.0 Å². The Kier molecular flexibility index (Phi) is 6.64. The Labute approximate surface area is 121 Å². The van der Waals surface area contributed by atoms with Gasteiger partial charge >= 0.3 is 0 Å². The van der Waals surface area contributed by atoms with Gasteiger partial charge in [-0.1, -0.05) is 27.7 Å². The highest BCUT2D eigenvalue weighted by atomic mass is 32.2. The monoisotopic (exact) mass is 302 g/mol. The van der Waals surface area contributed by atoms with Gasteiger partial charge in [0.05, 0.1) is 6.20 Å². The molecule has 1 unspecified atom stereocenters. The standard InChI is InChI=1S/C13H26N4O2S/c1-5-7-14-8-11-9-15-16-13(11)20(18,19)17-12(6-2)10(3)4/h9-10,12,14,17H,5-8H2,1-4H3,(H,15,16). The lowest BCUT2D eigenvalue weighted by Crippen LogP contribution is -2.38. The fourth-order valence-corrected chi connectivity index (χ4v) is 3.60. The van der Waals surface area contributed by atoms with Crippen molar-refractivity contribution in [2.45, 2.75) is 58.1 Å². The van der Waals surface area contributed by atoms with Crippen LogP contribution in [0.25, 0.3) is 0 Å². The van der Waals surface area contributed by atoms with Crippen LogP contribution in [-0.2, 0) is 16.6 Å². The number of sulfonamides is 1. The minimum absolute atomic E-state index is 0.0697. The van der Waals surface area contributed by atoms with Crippen molar-refractivity contribution in [2.24, 2.45) is 5.92 Å². The molecule has 0 aliphatic rings. The molecule has 1 atom stereocenters. The molecule has 0 radical (unpaired) electrons. The van der Waals surface area contributed by atoms with E-state index < -0.39 is 10.0 Å². The first-order chi connectivity index (χ1) is 9.42. The average Bonchev–Trinajstić information content (AvgIpc) is 2.85. The highest BCUT2D eigenvalue weighted by Gasteiger charge is 2.25. The summed E-state index contributed by atoms with van der Waals surface area (Å²) >= 11 is 0. The van der Waals surface area contributed by atoms with Crippen molar-refractivity contribution in [2.75, 3.05) is 6.54 Å². The number of aromatic amines is 1. The van der Waals surface area contributed by atoms with Gasteiger partial charge in [0, 0.05) is 18.2 Å². The zero-order chi connectivity index (χ0) is 15.2. The SMILES string of the molecule is CCCNCc1cn[nH]c1S(=O)(=O)NC(CC)C(C)C. The lowest BCUT2D eigenvalue weighted by Gasteiger charge is -2.20. The van der Waals surface area contributed by atoms with E-state index in [1.807, 2.05) is 20.8 Å². The largest absolute Gasteiger partial charge is 0.313 e. The van der Waals surface area contributed by atoms with E-state index in [4.69, 9.17) is 0 Å². The lowest BCUT2D eigenvalue weighted by molar-refractivity contribution is 0.436. The van der Waals surface area contributed by atoms with Crippen molar-refractivity contribution < 1.29 is 8.42 Å². The van der Waals surface area contributed by atoms with Gasteiger partial charge in [-0.3, -0.25) is 5.10 Å². The highest BCUT2D eigenvalue weighted by Crippen LogP contribution is 2.15. The predicted molar refractivity (Wildman–Crippen MR) is 79.8 cm³/mol. The smallest absolute Gasteiger partial charge is 0.258 e. The van der Waals surface area contributed by atoms with Crippen LogP contribution in [0.15, 0.2) is 11.2 Å². The summed E-state index contributed by atoms with van der Waals surface area (Å²) in [6.45, 7) is 9.40. The van der Waals surface area contributed by atoms with Crippen LogP contribution in [0.4, 0.5) is 0 Å². The molecule has 1 aromatic rings. The summed E-state index contributed by atoms with van der Waals surface area (Å²) in [7, 11) is -3.55. The normalized spacial score (nSPS) is 13.8. The first-order valence-corrected chi connectivity index (χ1v) is 8.66. The average molecular weight is 302 g/mol. The van der Waals surface area contributed by atoms with Crippen LogP contribution >= 0.6 is 0 Å². The Morgan fingerprint density at radius 2 is 2.05 bits per heavy atom. The summed E-state index contributed by atoms with van der Waals surface area (Å²) in [6, 6.07) is -0.0697. The maximum absolute atomic E-state index is 12.4. The number of hydrogen-bond donors (Lipinski definition) is 3. The summed E-state index contributed by atoms with van der Waals surface area (Å²) in [4.78, 5) is 0. The van der Waals surface area contributed by atoms with E-state index in [2.05, 4.69) is 27.2 Å². The van der Waals surface area contributed by atoms with Gasteiger partial charge in [0.25, 0.3) is 10.0 Å². The van der Waals surface area contributed by atoms with Crippen molar-refractivity contribution in [1.29, 1.82) is 0 Å². The first kappa shape index (κ1) is 17.1. The van der Waals surface area contributed by atoms with Crippen LogP contribution in [0.1, 0.15) is 46.1 Å². The molecule has 0 saturated carbocycles. The second-order valence-electron chi connectivity index (χ2n) is 5.28. The third-order valence-corrected chi connectivity index (χ3v) is 4.74. The Morgan fingerprint density at radius 3 is 2.60 bits per heavy atom.